The average Bonchev–Trinajstić information content (AvgIpc) is 3.19. The van der Waals surface area contributed by atoms with E-state index in [1.807, 2.05) is 0 Å². The van der Waals surface area contributed by atoms with Crippen LogP contribution in [0.2, 0.25) is 10.0 Å². The third kappa shape index (κ3) is 4.17. The number of rotatable bonds is 5. The molecule has 0 bridgehead atoms. The zero-order chi connectivity index (χ0) is 16.5. The van der Waals surface area contributed by atoms with Crippen LogP contribution in [0.25, 0.3) is 0 Å². The molecule has 22 heavy (non-hydrogen) atoms. The minimum absolute atomic E-state index is 0.109. The van der Waals surface area contributed by atoms with Crippen molar-refractivity contribution in [3.8, 4) is 0 Å². The van der Waals surface area contributed by atoms with E-state index in [4.69, 9.17) is 23.2 Å². The lowest BCUT2D eigenvalue weighted by molar-refractivity contribution is -0.161. The molecule has 1 fully saturated rings. The van der Waals surface area contributed by atoms with Gasteiger partial charge in [0.05, 0.1) is 10.0 Å². The quantitative estimate of drug-likeness (QED) is 0.705. The zero-order valence-corrected chi connectivity index (χ0v) is 13.0. The number of benzene rings is 1. The summed E-state index contributed by atoms with van der Waals surface area (Å²) in [6, 6.07) is 5.02. The average molecular weight is 352 g/mol. The third-order valence-corrected chi connectivity index (χ3v) is 4.25. The minimum atomic E-state index is -4.42. The molecule has 0 radical (unpaired) electrons. The minimum Gasteiger partial charge on any atom is -0.330 e. The number of hydrogen-bond acceptors (Lipinski definition) is 1. The predicted molar refractivity (Wildman–Crippen MR) is 80.1 cm³/mol. The van der Waals surface area contributed by atoms with E-state index >= 15 is 0 Å². The first-order valence-corrected chi connectivity index (χ1v) is 7.40. The van der Waals surface area contributed by atoms with Gasteiger partial charge >= 0.3 is 6.18 Å². The van der Waals surface area contributed by atoms with Crippen molar-refractivity contribution in [1.82, 2.24) is 4.90 Å². The Morgan fingerprint density at radius 1 is 1.36 bits per heavy atom. The Balaban J connectivity index is 2.07. The monoisotopic (exact) mass is 351 g/mol. The molecule has 0 heterocycles. The number of amides is 1. The molecule has 2 unspecified atom stereocenters. The molecular weight excluding hydrogens is 338 g/mol. The molecule has 2 rings (SSSR count). The highest BCUT2D eigenvalue weighted by Gasteiger charge is 2.47. The van der Waals surface area contributed by atoms with Crippen molar-refractivity contribution in [2.75, 3.05) is 13.1 Å². The van der Waals surface area contributed by atoms with Crippen molar-refractivity contribution >= 4 is 29.1 Å². The van der Waals surface area contributed by atoms with Gasteiger partial charge in [0.1, 0.15) is 6.54 Å². The van der Waals surface area contributed by atoms with Gasteiger partial charge in [0, 0.05) is 12.5 Å². The number of alkyl halides is 3. The molecule has 120 valence electrons. The van der Waals surface area contributed by atoms with Crippen molar-refractivity contribution in [3.63, 3.8) is 0 Å². The van der Waals surface area contributed by atoms with E-state index in [0.717, 1.165) is 10.5 Å². The third-order valence-electron chi connectivity index (χ3n) is 3.51. The lowest BCUT2D eigenvalue weighted by atomic mass is 10.1. The summed E-state index contributed by atoms with van der Waals surface area (Å²) >= 11 is 11.7. The van der Waals surface area contributed by atoms with Crippen LogP contribution in [0.1, 0.15) is 17.9 Å². The first-order chi connectivity index (χ1) is 10.2. The van der Waals surface area contributed by atoms with Crippen molar-refractivity contribution < 1.29 is 18.0 Å². The van der Waals surface area contributed by atoms with Gasteiger partial charge in [-0.3, -0.25) is 4.79 Å². The molecule has 1 amide bonds. The van der Waals surface area contributed by atoms with Gasteiger partial charge in [-0.05, 0) is 30.0 Å². The van der Waals surface area contributed by atoms with Gasteiger partial charge in [0.25, 0.3) is 0 Å². The summed E-state index contributed by atoms with van der Waals surface area (Å²) in [7, 11) is 0. The summed E-state index contributed by atoms with van der Waals surface area (Å²) in [5, 5.41) is 0.773. The van der Waals surface area contributed by atoms with E-state index in [1.54, 1.807) is 18.2 Å². The van der Waals surface area contributed by atoms with Crippen LogP contribution in [0.15, 0.2) is 30.9 Å². The summed E-state index contributed by atoms with van der Waals surface area (Å²) in [6.07, 6.45) is -2.62. The van der Waals surface area contributed by atoms with E-state index in [0.29, 0.717) is 16.5 Å². The molecule has 2 nitrogen and oxygen atoms in total. The fourth-order valence-electron chi connectivity index (χ4n) is 2.42. The molecule has 7 heteroatoms. The number of carbonyl (C=O) groups excluding carboxylic acids is 1. The number of nitrogens with zero attached hydrogens (tertiary/aromatic N) is 1. The van der Waals surface area contributed by atoms with E-state index < -0.39 is 24.5 Å². The molecule has 1 saturated carbocycles. The first-order valence-electron chi connectivity index (χ1n) is 6.64. The molecule has 1 aliphatic carbocycles. The fraction of sp³-hybridized carbons (Fsp3) is 0.400. The van der Waals surface area contributed by atoms with E-state index in [9.17, 15) is 18.0 Å². The number of hydrogen-bond donors (Lipinski definition) is 0. The molecule has 0 saturated heterocycles. The molecule has 1 aromatic rings. The van der Waals surface area contributed by atoms with E-state index in [1.165, 1.54) is 6.08 Å². The molecule has 0 aromatic heterocycles. The van der Waals surface area contributed by atoms with Gasteiger partial charge < -0.3 is 4.90 Å². The zero-order valence-electron chi connectivity index (χ0n) is 11.5. The Labute approximate surface area is 136 Å². The normalized spacial score (nSPS) is 20.6. The van der Waals surface area contributed by atoms with Crippen LogP contribution in [0.4, 0.5) is 13.2 Å². The molecule has 1 aromatic carbocycles. The second-order valence-corrected chi connectivity index (χ2v) is 6.06. The van der Waals surface area contributed by atoms with E-state index in [-0.39, 0.29) is 12.5 Å². The Bertz CT molecular complexity index is 589. The molecule has 0 aliphatic heterocycles. The SMILES string of the molecule is C=CCN(CC(F)(F)F)C(=O)C1CC1c1ccc(Cl)c(Cl)c1. The van der Waals surface area contributed by atoms with Gasteiger partial charge in [-0.1, -0.05) is 35.3 Å². The molecule has 2 atom stereocenters. The Morgan fingerprint density at radius 2 is 2.05 bits per heavy atom. The lowest BCUT2D eigenvalue weighted by Crippen LogP contribution is -2.40. The van der Waals surface area contributed by atoms with Crippen LogP contribution in [0.3, 0.4) is 0 Å². The van der Waals surface area contributed by atoms with Crippen molar-refractivity contribution in [1.29, 1.82) is 0 Å². The van der Waals surface area contributed by atoms with E-state index in [2.05, 4.69) is 6.58 Å². The van der Waals surface area contributed by atoms with Crippen molar-refractivity contribution in [2.24, 2.45) is 5.92 Å². The van der Waals surface area contributed by atoms with Gasteiger partial charge in [0.15, 0.2) is 0 Å². The van der Waals surface area contributed by atoms with Crippen LogP contribution >= 0.6 is 23.2 Å². The summed E-state index contributed by atoms with van der Waals surface area (Å²) < 4.78 is 37.6. The second kappa shape index (κ2) is 6.50. The fourth-order valence-corrected chi connectivity index (χ4v) is 2.73. The highest BCUT2D eigenvalue weighted by Crippen LogP contribution is 2.49. The highest BCUT2D eigenvalue weighted by atomic mass is 35.5. The molecular formula is C15H14Cl2F3NO. The van der Waals surface area contributed by atoms with Crippen LogP contribution in [-0.2, 0) is 4.79 Å². The summed E-state index contributed by atoms with van der Waals surface area (Å²) in [6.45, 7) is 2.01. The largest absolute Gasteiger partial charge is 0.406 e. The summed E-state index contributed by atoms with van der Waals surface area (Å²) in [5.74, 6) is -1.06. The van der Waals surface area contributed by atoms with Crippen molar-refractivity contribution in [3.05, 3.63) is 46.5 Å². The standard InChI is InChI=1S/C15H14Cl2F3NO/c1-2-5-21(8-15(18,19)20)14(22)11-7-10(11)9-3-4-12(16)13(17)6-9/h2-4,6,10-11H,1,5,7-8H2. The Hall–Kier alpha value is -1.20. The second-order valence-electron chi connectivity index (χ2n) is 5.24. The maximum atomic E-state index is 12.5. The predicted octanol–water partition coefficient (Wildman–Crippen LogP) is 4.67. The number of carbonyl (C=O) groups is 1. The topological polar surface area (TPSA) is 20.3 Å². The van der Waals surface area contributed by atoms with Gasteiger partial charge in [-0.15, -0.1) is 6.58 Å². The summed E-state index contributed by atoms with van der Waals surface area (Å²) in [5.41, 5.74) is 0.818. The molecule has 1 aliphatic rings. The number of halogens is 5. The molecule has 0 spiro atoms. The highest BCUT2D eigenvalue weighted by molar-refractivity contribution is 6.42. The van der Waals surface area contributed by atoms with Crippen LogP contribution in [0, 0.1) is 5.92 Å². The summed E-state index contributed by atoms with van der Waals surface area (Å²) in [4.78, 5) is 13.0. The first kappa shape index (κ1) is 17.2. The van der Waals surface area contributed by atoms with Gasteiger partial charge in [-0.25, -0.2) is 0 Å². The van der Waals surface area contributed by atoms with Gasteiger partial charge in [-0.2, -0.15) is 13.2 Å². The van der Waals surface area contributed by atoms with Crippen LogP contribution in [-0.4, -0.2) is 30.1 Å². The smallest absolute Gasteiger partial charge is 0.330 e. The van der Waals surface area contributed by atoms with Crippen LogP contribution < -0.4 is 0 Å². The molecule has 0 N–H and O–H groups in total. The van der Waals surface area contributed by atoms with Gasteiger partial charge in [0.2, 0.25) is 5.91 Å². The maximum Gasteiger partial charge on any atom is 0.406 e. The van der Waals surface area contributed by atoms with Crippen LogP contribution in [0.5, 0.6) is 0 Å². The van der Waals surface area contributed by atoms with Crippen molar-refractivity contribution in [2.45, 2.75) is 18.5 Å². The lowest BCUT2D eigenvalue weighted by Gasteiger charge is -2.22. The maximum absolute atomic E-state index is 12.5. The Kier molecular flexibility index (Phi) is 5.07. The Morgan fingerprint density at radius 3 is 2.59 bits per heavy atom.